The molecule has 2 rings (SSSR count). The molecule has 2 unspecified atom stereocenters. The quantitative estimate of drug-likeness (QED) is 0.671. The molecule has 6 nitrogen and oxygen atoms in total. The molecule has 0 fully saturated rings. The van der Waals surface area contributed by atoms with Crippen molar-refractivity contribution < 1.29 is 41.4 Å². The molecular weight excluding hydrogens is 415 g/mol. The zero-order valence-corrected chi connectivity index (χ0v) is 16.7. The van der Waals surface area contributed by atoms with Crippen LogP contribution in [-0.2, 0) is 26.0 Å². The van der Waals surface area contributed by atoms with E-state index in [0.29, 0.717) is 11.3 Å². The highest BCUT2D eigenvalue weighted by molar-refractivity contribution is 6.10. The summed E-state index contributed by atoms with van der Waals surface area (Å²) in [5, 5.41) is 11.5. The Balaban J connectivity index is 2.47. The van der Waals surface area contributed by atoms with Gasteiger partial charge in [0.25, 0.3) is 0 Å². The van der Waals surface area contributed by atoms with Crippen LogP contribution in [0.2, 0.25) is 0 Å². The van der Waals surface area contributed by atoms with Gasteiger partial charge in [-0.05, 0) is 25.8 Å². The Kier molecular flexibility index (Phi) is 6.16. The zero-order chi connectivity index (χ0) is 23.2. The van der Waals surface area contributed by atoms with Crippen molar-refractivity contribution in [3.63, 3.8) is 0 Å². The van der Waals surface area contributed by atoms with Gasteiger partial charge in [0.15, 0.2) is 0 Å². The van der Waals surface area contributed by atoms with Crippen LogP contribution < -0.4 is 10.2 Å². The molecule has 2 N–H and O–H groups in total. The Morgan fingerprint density at radius 1 is 1.27 bits per heavy atom. The molecule has 166 valence electrons. The van der Waals surface area contributed by atoms with Crippen molar-refractivity contribution >= 4 is 23.5 Å². The molecule has 1 aliphatic heterocycles. The van der Waals surface area contributed by atoms with Gasteiger partial charge in [0, 0.05) is 5.56 Å². The highest BCUT2D eigenvalue weighted by atomic mass is 19.4. The van der Waals surface area contributed by atoms with Crippen LogP contribution in [0.25, 0.3) is 0 Å². The molecule has 0 saturated heterocycles. The number of nitrogens with one attached hydrogen (secondary N) is 1. The summed E-state index contributed by atoms with van der Waals surface area (Å²) in [4.78, 5) is 37.0. The van der Waals surface area contributed by atoms with Gasteiger partial charge in [0.05, 0.1) is 16.7 Å². The van der Waals surface area contributed by atoms with E-state index in [1.807, 2.05) is 0 Å². The van der Waals surface area contributed by atoms with Gasteiger partial charge in [-0.1, -0.05) is 20.3 Å². The lowest BCUT2D eigenvalue weighted by molar-refractivity contribution is -0.143. The number of benzene rings is 1. The van der Waals surface area contributed by atoms with Crippen molar-refractivity contribution in [2.24, 2.45) is 5.92 Å². The first-order chi connectivity index (χ1) is 13.6. The van der Waals surface area contributed by atoms with Crippen molar-refractivity contribution in [1.29, 1.82) is 0 Å². The minimum Gasteiger partial charge on any atom is -0.480 e. The summed E-state index contributed by atoms with van der Waals surface area (Å²) in [5.41, 5.74) is -5.29. The number of carboxylic acids is 1. The molecule has 2 amide bonds. The van der Waals surface area contributed by atoms with E-state index >= 15 is 0 Å². The second-order valence-corrected chi connectivity index (χ2v) is 7.73. The van der Waals surface area contributed by atoms with E-state index in [1.165, 1.54) is 0 Å². The lowest BCUT2D eigenvalue weighted by Gasteiger charge is -2.23. The molecule has 0 bridgehead atoms. The van der Waals surface area contributed by atoms with Crippen LogP contribution in [0.15, 0.2) is 6.07 Å². The van der Waals surface area contributed by atoms with E-state index in [4.69, 9.17) is 0 Å². The molecule has 0 aromatic heterocycles. The molecule has 0 spiro atoms. The smallest absolute Gasteiger partial charge is 0.419 e. The third-order valence-electron chi connectivity index (χ3n) is 5.27. The third kappa shape index (κ3) is 3.97. The molecule has 1 aromatic carbocycles. The number of amides is 2. The van der Waals surface area contributed by atoms with Gasteiger partial charge in [0.1, 0.15) is 24.2 Å². The summed E-state index contributed by atoms with van der Waals surface area (Å²) in [6.45, 7) is 4.64. The molecule has 11 heteroatoms. The molecule has 0 saturated carbocycles. The number of carbonyl (C=O) groups excluding carboxylic acids is 2. The predicted molar refractivity (Wildman–Crippen MR) is 95.8 cm³/mol. The summed E-state index contributed by atoms with van der Waals surface area (Å²) >= 11 is 0. The van der Waals surface area contributed by atoms with Gasteiger partial charge in [-0.15, -0.1) is 0 Å². The largest absolute Gasteiger partial charge is 0.480 e. The number of alkyl halides is 3. The van der Waals surface area contributed by atoms with Crippen LogP contribution in [-0.4, -0.2) is 35.5 Å². The molecule has 30 heavy (non-hydrogen) atoms. The number of carboxylic acid groups (broad SMARTS) is 1. The average Bonchev–Trinajstić information content (AvgIpc) is 2.82. The van der Waals surface area contributed by atoms with Crippen molar-refractivity contribution in [3.05, 3.63) is 28.8 Å². The number of rotatable bonds is 6. The summed E-state index contributed by atoms with van der Waals surface area (Å²) in [5.74, 6) is -7.05. The first-order valence-corrected chi connectivity index (χ1v) is 9.08. The fraction of sp³-hybridized carbons (Fsp3) is 0.526. The maximum Gasteiger partial charge on any atom is 0.419 e. The molecule has 1 aromatic rings. The lowest BCUT2D eigenvalue weighted by Crippen LogP contribution is -2.50. The van der Waals surface area contributed by atoms with Crippen LogP contribution >= 0.6 is 0 Å². The Morgan fingerprint density at radius 2 is 1.83 bits per heavy atom. The van der Waals surface area contributed by atoms with Crippen LogP contribution in [0.5, 0.6) is 0 Å². The van der Waals surface area contributed by atoms with Gasteiger partial charge in [0.2, 0.25) is 11.8 Å². The van der Waals surface area contributed by atoms with Gasteiger partial charge >= 0.3 is 12.1 Å². The first kappa shape index (κ1) is 23.6. The van der Waals surface area contributed by atoms with E-state index in [9.17, 15) is 41.4 Å². The summed E-state index contributed by atoms with van der Waals surface area (Å²) in [7, 11) is 0. The lowest BCUT2D eigenvalue weighted by atomic mass is 9.84. The Labute approximate surface area is 169 Å². The van der Waals surface area contributed by atoms with Crippen molar-refractivity contribution in [2.75, 3.05) is 11.4 Å². The summed E-state index contributed by atoms with van der Waals surface area (Å²) < 4.78 is 68.4. The highest BCUT2D eigenvalue weighted by Crippen LogP contribution is 2.47. The maximum absolute atomic E-state index is 14.7. The second-order valence-electron chi connectivity index (χ2n) is 7.73. The Morgan fingerprint density at radius 3 is 2.30 bits per heavy atom. The average molecular weight is 436 g/mol. The van der Waals surface area contributed by atoms with Gasteiger partial charge in [-0.2, -0.15) is 13.2 Å². The highest BCUT2D eigenvalue weighted by Gasteiger charge is 2.51. The monoisotopic (exact) mass is 436 g/mol. The molecule has 2 atom stereocenters. The Bertz CT molecular complexity index is 898. The Hall–Kier alpha value is -2.72. The van der Waals surface area contributed by atoms with Crippen LogP contribution in [0.1, 0.15) is 45.2 Å². The zero-order valence-electron chi connectivity index (χ0n) is 16.7. The minimum atomic E-state index is -5.19. The van der Waals surface area contributed by atoms with Gasteiger partial charge in [-0.25, -0.2) is 13.6 Å². The number of anilines is 1. The fourth-order valence-electron chi connectivity index (χ4n) is 3.40. The topological polar surface area (TPSA) is 86.7 Å². The van der Waals surface area contributed by atoms with Gasteiger partial charge in [-0.3, -0.25) is 14.5 Å². The predicted octanol–water partition coefficient (Wildman–Crippen LogP) is 3.22. The van der Waals surface area contributed by atoms with Crippen molar-refractivity contribution in [1.82, 2.24) is 5.32 Å². The number of hydrogen-bond acceptors (Lipinski definition) is 3. The van der Waals surface area contributed by atoms with Crippen molar-refractivity contribution in [2.45, 2.75) is 51.7 Å². The van der Waals surface area contributed by atoms with E-state index in [1.54, 1.807) is 13.8 Å². The van der Waals surface area contributed by atoms with E-state index in [0.717, 1.165) is 13.8 Å². The maximum atomic E-state index is 14.7. The fourth-order valence-corrected chi connectivity index (χ4v) is 3.40. The third-order valence-corrected chi connectivity index (χ3v) is 5.27. The summed E-state index contributed by atoms with van der Waals surface area (Å²) in [6.07, 6.45) is -4.77. The minimum absolute atomic E-state index is 0.0625. The van der Waals surface area contributed by atoms with Gasteiger partial charge < -0.3 is 10.4 Å². The standard InChI is InChI=1S/C19H21F5N2O4/c1-5-8(2)14(16(28)29)25-11(27)7-26-15-10(20)6-9(19(22,23)24)13(21)12(15)18(3,4)17(26)30/h6,8,14H,5,7H2,1-4H3,(H,25,27)(H,28,29). The molecule has 1 aliphatic rings. The van der Waals surface area contributed by atoms with E-state index in [-0.39, 0.29) is 6.07 Å². The number of nitrogens with zero attached hydrogens (tertiary/aromatic N) is 1. The number of fused-ring (bicyclic) bond motifs is 1. The SMILES string of the molecule is CCC(C)C(NC(=O)CN1C(=O)C(C)(C)c2c(F)c(C(F)(F)F)cc(F)c21)C(=O)O. The molecule has 0 aliphatic carbocycles. The van der Waals surface area contributed by atoms with E-state index < -0.39 is 76.3 Å². The first-order valence-electron chi connectivity index (χ1n) is 9.08. The number of halogens is 5. The number of hydrogen-bond donors (Lipinski definition) is 2. The number of aliphatic carboxylic acids is 1. The number of carbonyl (C=O) groups is 3. The molecular formula is C19H21F5N2O4. The molecule has 0 radical (unpaired) electrons. The van der Waals surface area contributed by atoms with Crippen LogP contribution in [0.4, 0.5) is 27.6 Å². The van der Waals surface area contributed by atoms with E-state index in [2.05, 4.69) is 5.32 Å². The normalized spacial score (nSPS) is 17.5. The second kappa shape index (κ2) is 7.84. The summed E-state index contributed by atoms with van der Waals surface area (Å²) in [6, 6.07) is -1.35. The van der Waals surface area contributed by atoms with Crippen molar-refractivity contribution in [3.8, 4) is 0 Å². The van der Waals surface area contributed by atoms with Crippen LogP contribution in [0.3, 0.4) is 0 Å². The molecule has 1 heterocycles. The van der Waals surface area contributed by atoms with Crippen LogP contribution in [0, 0.1) is 17.6 Å².